The molecule has 0 aliphatic rings. The number of nitrogens with zero attached hydrogens (tertiary/aromatic N) is 2. The van der Waals surface area contributed by atoms with Crippen LogP contribution in [0.3, 0.4) is 0 Å². The average Bonchev–Trinajstić information content (AvgIpc) is 2.53. The molecule has 0 saturated carbocycles. The molecule has 0 amide bonds. The number of hydrogen-bond acceptors (Lipinski definition) is 1. The number of pyridine rings is 1. The number of alkyl halides is 3. The molecule has 0 unspecified atom stereocenters. The SMILES string of the molecule is Cc1nn2c(C(C)C)cccc2c1[Se]C(F)(F)F. The molecule has 0 saturated heterocycles. The molecule has 2 aromatic rings. The molecule has 0 aliphatic carbocycles. The Morgan fingerprint density at radius 3 is 2.50 bits per heavy atom. The van der Waals surface area contributed by atoms with Gasteiger partial charge >= 0.3 is 109 Å². The first-order chi connectivity index (χ1) is 8.29. The second kappa shape index (κ2) is 4.59. The summed E-state index contributed by atoms with van der Waals surface area (Å²) in [4.78, 5) is 0. The summed E-state index contributed by atoms with van der Waals surface area (Å²) >= 11 is -1.55. The van der Waals surface area contributed by atoms with E-state index in [1.165, 1.54) is 0 Å². The fourth-order valence-electron chi connectivity index (χ4n) is 1.86. The molecular weight excluding hydrogens is 308 g/mol. The molecule has 2 heterocycles. The summed E-state index contributed by atoms with van der Waals surface area (Å²) in [6.45, 7) is 5.64. The zero-order valence-electron chi connectivity index (χ0n) is 10.2. The van der Waals surface area contributed by atoms with Gasteiger partial charge in [-0.25, -0.2) is 0 Å². The summed E-state index contributed by atoms with van der Waals surface area (Å²) in [5, 5.41) is 0.107. The Kier molecular flexibility index (Phi) is 3.43. The van der Waals surface area contributed by atoms with E-state index < -0.39 is 20.0 Å². The van der Waals surface area contributed by atoms with Crippen molar-refractivity contribution in [3.63, 3.8) is 0 Å². The zero-order valence-corrected chi connectivity index (χ0v) is 12.0. The zero-order chi connectivity index (χ0) is 13.5. The van der Waals surface area contributed by atoms with Crippen molar-refractivity contribution in [2.45, 2.75) is 31.8 Å². The van der Waals surface area contributed by atoms with Crippen LogP contribution >= 0.6 is 0 Å². The molecule has 0 aromatic carbocycles. The Hall–Kier alpha value is -1.00. The maximum atomic E-state index is 12.6. The topological polar surface area (TPSA) is 17.3 Å². The number of aryl methyl sites for hydroxylation is 1. The second-order valence-electron chi connectivity index (χ2n) is 4.36. The van der Waals surface area contributed by atoms with E-state index in [-0.39, 0.29) is 5.92 Å². The average molecular weight is 321 g/mol. The predicted molar refractivity (Wildman–Crippen MR) is 65.5 cm³/mol. The van der Waals surface area contributed by atoms with Crippen molar-refractivity contribution >= 4 is 24.9 Å². The number of aromatic nitrogens is 2. The summed E-state index contributed by atoms with van der Waals surface area (Å²) in [6, 6.07) is 5.39. The second-order valence-corrected chi connectivity index (χ2v) is 6.62. The van der Waals surface area contributed by atoms with Crippen molar-refractivity contribution < 1.29 is 13.2 Å². The summed E-state index contributed by atoms with van der Waals surface area (Å²) < 4.78 is 39.7. The van der Waals surface area contributed by atoms with Crippen LogP contribution in [0.2, 0.25) is 0 Å². The van der Waals surface area contributed by atoms with Gasteiger partial charge in [0.25, 0.3) is 0 Å². The Bertz CT molecular complexity index is 572. The Morgan fingerprint density at radius 1 is 1.28 bits per heavy atom. The van der Waals surface area contributed by atoms with Crippen molar-refractivity contribution in [3.8, 4) is 0 Å². The maximum absolute atomic E-state index is 12.6. The van der Waals surface area contributed by atoms with Gasteiger partial charge in [0.05, 0.1) is 0 Å². The number of rotatable bonds is 2. The van der Waals surface area contributed by atoms with Gasteiger partial charge in [-0.3, -0.25) is 0 Å². The van der Waals surface area contributed by atoms with E-state index in [0.717, 1.165) is 5.69 Å². The van der Waals surface area contributed by atoms with Crippen LogP contribution in [0, 0.1) is 6.92 Å². The molecule has 0 bridgehead atoms. The fourth-order valence-corrected chi connectivity index (χ4v) is 3.29. The van der Waals surface area contributed by atoms with Gasteiger partial charge in [0, 0.05) is 0 Å². The van der Waals surface area contributed by atoms with Crippen LogP contribution in [0.5, 0.6) is 0 Å². The van der Waals surface area contributed by atoms with Crippen LogP contribution in [0.25, 0.3) is 5.52 Å². The quantitative estimate of drug-likeness (QED) is 0.777. The van der Waals surface area contributed by atoms with Crippen molar-refractivity contribution in [1.29, 1.82) is 0 Å². The Morgan fingerprint density at radius 2 is 1.94 bits per heavy atom. The first-order valence-corrected chi connectivity index (χ1v) is 7.25. The van der Waals surface area contributed by atoms with Crippen LogP contribution in [0.15, 0.2) is 18.2 Å². The Balaban J connectivity index is 2.62. The van der Waals surface area contributed by atoms with Gasteiger partial charge in [-0.15, -0.1) is 0 Å². The fraction of sp³-hybridized carbons (Fsp3) is 0.417. The number of fused-ring (bicyclic) bond motifs is 1. The standard InChI is InChI=1S/C12H13F3N2Se/c1-7(2)9-5-4-6-10-11(18-12(13,14)15)8(3)16-17(9)10/h4-7H,1-3H3. The van der Waals surface area contributed by atoms with E-state index in [9.17, 15) is 13.2 Å². The van der Waals surface area contributed by atoms with Crippen LogP contribution < -0.4 is 4.46 Å². The van der Waals surface area contributed by atoms with Crippen LogP contribution in [0.4, 0.5) is 13.2 Å². The third-order valence-corrected chi connectivity index (χ3v) is 4.59. The summed E-state index contributed by atoms with van der Waals surface area (Å²) in [7, 11) is 0. The van der Waals surface area contributed by atoms with E-state index in [2.05, 4.69) is 5.10 Å². The van der Waals surface area contributed by atoms with Crippen molar-refractivity contribution in [2.75, 3.05) is 0 Å². The predicted octanol–water partition coefficient (Wildman–Crippen LogP) is 2.62. The number of halogens is 3. The molecule has 2 nitrogen and oxygen atoms in total. The van der Waals surface area contributed by atoms with Gasteiger partial charge in [0.2, 0.25) is 0 Å². The van der Waals surface area contributed by atoms with Crippen molar-refractivity contribution in [2.24, 2.45) is 0 Å². The molecule has 98 valence electrons. The van der Waals surface area contributed by atoms with E-state index in [4.69, 9.17) is 0 Å². The first kappa shape index (κ1) is 13.4. The minimum absolute atomic E-state index is 0.222. The molecule has 0 spiro atoms. The van der Waals surface area contributed by atoms with Gasteiger partial charge in [0.1, 0.15) is 0 Å². The van der Waals surface area contributed by atoms with Gasteiger partial charge < -0.3 is 0 Å². The molecule has 0 radical (unpaired) electrons. The van der Waals surface area contributed by atoms with E-state index >= 15 is 0 Å². The van der Waals surface area contributed by atoms with Gasteiger partial charge in [0.15, 0.2) is 0 Å². The molecule has 0 atom stereocenters. The molecule has 18 heavy (non-hydrogen) atoms. The third kappa shape index (κ3) is 2.54. The third-order valence-electron chi connectivity index (χ3n) is 2.61. The number of hydrogen-bond donors (Lipinski definition) is 0. The monoisotopic (exact) mass is 322 g/mol. The van der Waals surface area contributed by atoms with E-state index in [1.54, 1.807) is 23.6 Å². The molecule has 0 N–H and O–H groups in total. The van der Waals surface area contributed by atoms with Crippen molar-refractivity contribution in [1.82, 2.24) is 9.61 Å². The van der Waals surface area contributed by atoms with Gasteiger partial charge in [-0.2, -0.15) is 0 Å². The molecule has 2 aromatic heterocycles. The van der Waals surface area contributed by atoms with Crippen LogP contribution in [-0.4, -0.2) is 29.6 Å². The van der Waals surface area contributed by atoms with Gasteiger partial charge in [-0.05, 0) is 0 Å². The summed E-state index contributed by atoms with van der Waals surface area (Å²) in [6.07, 6.45) is 0. The van der Waals surface area contributed by atoms with Crippen LogP contribution in [0.1, 0.15) is 31.2 Å². The normalized spacial score (nSPS) is 12.6. The summed E-state index contributed by atoms with van der Waals surface area (Å²) in [5.41, 5.74) is 1.98. The summed E-state index contributed by atoms with van der Waals surface area (Å²) in [5.74, 6) is 0.222. The van der Waals surface area contributed by atoms with Crippen LogP contribution in [-0.2, 0) is 0 Å². The van der Waals surface area contributed by atoms with Gasteiger partial charge in [-0.1, -0.05) is 0 Å². The minimum atomic E-state index is -4.14. The first-order valence-electron chi connectivity index (χ1n) is 5.53. The molecule has 2 rings (SSSR count). The molecule has 0 aliphatic heterocycles. The van der Waals surface area contributed by atoms with E-state index in [1.807, 2.05) is 19.9 Å². The van der Waals surface area contributed by atoms with Crippen molar-refractivity contribution in [3.05, 3.63) is 29.6 Å². The molecule has 0 fully saturated rings. The molecule has 6 heteroatoms. The van der Waals surface area contributed by atoms with E-state index in [0.29, 0.717) is 15.7 Å². The molecular formula is C12H13F3N2Se. The Labute approximate surface area is 109 Å².